The summed E-state index contributed by atoms with van der Waals surface area (Å²) in [4.78, 5) is 40.2. The minimum Gasteiger partial charge on any atom is -0.334 e. The van der Waals surface area contributed by atoms with Crippen LogP contribution in [-0.2, 0) is 43.3 Å². The summed E-state index contributed by atoms with van der Waals surface area (Å²) in [7, 11) is 1.79. The van der Waals surface area contributed by atoms with Gasteiger partial charge in [-0.1, -0.05) is 55.9 Å². The fourth-order valence-corrected chi connectivity index (χ4v) is 6.38. The first-order valence-corrected chi connectivity index (χ1v) is 17.5. The summed E-state index contributed by atoms with van der Waals surface area (Å²) in [6.45, 7) is 6.87. The van der Waals surface area contributed by atoms with Crippen LogP contribution in [0, 0.1) is 5.82 Å². The Kier molecular flexibility index (Phi) is 14.2. The molecule has 5 aromatic rings. The van der Waals surface area contributed by atoms with Gasteiger partial charge in [-0.3, -0.25) is 19.3 Å². The van der Waals surface area contributed by atoms with Crippen molar-refractivity contribution in [2.75, 3.05) is 26.2 Å². The molecule has 0 saturated carbocycles. The van der Waals surface area contributed by atoms with Crippen LogP contribution in [0.25, 0.3) is 11.1 Å². The number of aromatic nitrogens is 5. The van der Waals surface area contributed by atoms with E-state index < -0.39 is 17.3 Å². The number of thioether (sulfide) groups is 1. The Morgan fingerprint density at radius 1 is 0.885 bits per heavy atom. The second-order valence-electron chi connectivity index (χ2n) is 12.1. The van der Waals surface area contributed by atoms with Gasteiger partial charge < -0.3 is 14.4 Å². The van der Waals surface area contributed by atoms with Gasteiger partial charge in [0.2, 0.25) is 5.91 Å². The van der Waals surface area contributed by atoms with E-state index >= 15 is 0 Å². The Balaban J connectivity index is 0.00000605. The highest BCUT2D eigenvalue weighted by atomic mass is 35.5. The molecule has 3 heterocycles. The molecule has 0 N–H and O–H groups in total. The molecule has 15 heteroatoms. The zero-order chi connectivity index (χ0) is 36.5. The Hall–Kier alpha value is -4.53. The highest BCUT2D eigenvalue weighted by Crippen LogP contribution is 2.31. The number of carbonyl (C=O) groups excluding carboxylic acids is 1. The van der Waals surface area contributed by atoms with Crippen molar-refractivity contribution in [2.45, 2.75) is 50.4 Å². The van der Waals surface area contributed by atoms with Crippen LogP contribution in [-0.4, -0.2) is 66.2 Å². The number of carbonyl (C=O) groups is 1. The van der Waals surface area contributed by atoms with E-state index in [1.54, 1.807) is 64.1 Å². The Morgan fingerprint density at radius 3 is 2.17 bits per heavy atom. The zero-order valence-electron chi connectivity index (χ0n) is 29.0. The first-order valence-electron chi connectivity index (χ1n) is 16.5. The number of nitrogens with zero attached hydrogens (tertiary/aromatic N) is 7. The van der Waals surface area contributed by atoms with Crippen molar-refractivity contribution in [3.8, 4) is 11.1 Å². The van der Waals surface area contributed by atoms with Crippen molar-refractivity contribution in [1.29, 1.82) is 0 Å². The SMILES string of the molecule is CCN(CC)CCN(Cc1ccc(-c2ccc(C(F)(F)F)cc2)cn1)C(=O)Cn1cc(Cc2cnn(C)c2)c(=O)nc1SCc1ccc(F)cc1.Cl. The quantitative estimate of drug-likeness (QED) is 0.0655. The average Bonchev–Trinajstić information content (AvgIpc) is 3.53. The predicted octanol–water partition coefficient (Wildman–Crippen LogP) is 6.87. The van der Waals surface area contributed by atoms with Crippen LogP contribution in [0.1, 0.15) is 41.8 Å². The van der Waals surface area contributed by atoms with Crippen molar-refractivity contribution in [3.63, 3.8) is 0 Å². The molecule has 0 saturated heterocycles. The van der Waals surface area contributed by atoms with Crippen LogP contribution in [0.15, 0.2) is 95.4 Å². The molecule has 52 heavy (non-hydrogen) atoms. The number of rotatable bonds is 15. The summed E-state index contributed by atoms with van der Waals surface area (Å²) in [6.07, 6.45) is 2.63. The molecule has 1 amide bonds. The van der Waals surface area contributed by atoms with Gasteiger partial charge in [-0.25, -0.2) is 4.39 Å². The maximum absolute atomic E-state index is 14.1. The number of hydrogen-bond donors (Lipinski definition) is 0. The summed E-state index contributed by atoms with van der Waals surface area (Å²) in [6, 6.07) is 14.5. The van der Waals surface area contributed by atoms with Crippen molar-refractivity contribution < 1.29 is 22.4 Å². The van der Waals surface area contributed by atoms with Gasteiger partial charge in [-0.2, -0.15) is 23.3 Å². The molecule has 0 aliphatic carbocycles. The van der Waals surface area contributed by atoms with E-state index in [2.05, 4.69) is 33.8 Å². The third kappa shape index (κ3) is 11.0. The van der Waals surface area contributed by atoms with Crippen molar-refractivity contribution in [1.82, 2.24) is 34.1 Å². The van der Waals surface area contributed by atoms with Crippen molar-refractivity contribution in [2.24, 2.45) is 7.05 Å². The van der Waals surface area contributed by atoms with Crippen molar-refractivity contribution in [3.05, 3.63) is 130 Å². The smallest absolute Gasteiger partial charge is 0.334 e. The number of halogens is 5. The van der Waals surface area contributed by atoms with Crippen LogP contribution < -0.4 is 5.56 Å². The van der Waals surface area contributed by atoms with E-state index in [1.165, 1.54) is 36.0 Å². The van der Waals surface area contributed by atoms with E-state index in [4.69, 9.17) is 0 Å². The highest BCUT2D eigenvalue weighted by molar-refractivity contribution is 7.98. The minimum atomic E-state index is -4.42. The molecule has 3 aromatic heterocycles. The number of aryl methyl sites for hydroxylation is 1. The number of hydrogen-bond acceptors (Lipinski definition) is 7. The Morgan fingerprint density at radius 2 is 1.58 bits per heavy atom. The molecule has 0 spiro atoms. The molecule has 0 bridgehead atoms. The van der Waals surface area contributed by atoms with Gasteiger partial charge in [0.25, 0.3) is 5.56 Å². The van der Waals surface area contributed by atoms with E-state index in [-0.39, 0.29) is 43.6 Å². The second-order valence-corrected chi connectivity index (χ2v) is 13.0. The Labute approximate surface area is 310 Å². The third-order valence-corrected chi connectivity index (χ3v) is 9.49. The van der Waals surface area contributed by atoms with E-state index in [0.717, 1.165) is 36.3 Å². The van der Waals surface area contributed by atoms with Gasteiger partial charge in [0.05, 0.1) is 24.0 Å². The molecule has 276 valence electrons. The maximum Gasteiger partial charge on any atom is 0.416 e. The summed E-state index contributed by atoms with van der Waals surface area (Å²) in [5, 5.41) is 4.55. The minimum absolute atomic E-state index is 0. The monoisotopic (exact) mass is 757 g/mol. The molecular weight excluding hydrogens is 718 g/mol. The first-order chi connectivity index (χ1) is 24.4. The lowest BCUT2D eigenvalue weighted by Gasteiger charge is -2.27. The van der Waals surface area contributed by atoms with Gasteiger partial charge in [0, 0.05) is 62.0 Å². The number of pyridine rings is 1. The largest absolute Gasteiger partial charge is 0.416 e. The molecule has 5 rings (SSSR count). The highest BCUT2D eigenvalue weighted by Gasteiger charge is 2.30. The Bertz CT molecular complexity index is 1960. The number of alkyl halides is 3. The molecule has 0 atom stereocenters. The van der Waals surface area contributed by atoms with Gasteiger partial charge >= 0.3 is 6.18 Å². The topological polar surface area (TPSA) is 89.1 Å². The normalized spacial score (nSPS) is 11.5. The second kappa shape index (κ2) is 18.3. The van der Waals surface area contributed by atoms with Crippen molar-refractivity contribution >= 4 is 30.1 Å². The van der Waals surface area contributed by atoms with Crippen LogP contribution in [0.5, 0.6) is 0 Å². The van der Waals surface area contributed by atoms with E-state index in [9.17, 15) is 27.2 Å². The van der Waals surface area contributed by atoms with Crippen LogP contribution >= 0.6 is 24.2 Å². The fourth-order valence-electron chi connectivity index (χ4n) is 5.46. The number of likely N-dealkylation sites (N-methyl/N-ethyl adjacent to an activating group) is 1. The summed E-state index contributed by atoms with van der Waals surface area (Å²) < 4.78 is 56.0. The lowest BCUT2D eigenvalue weighted by molar-refractivity contribution is -0.137. The molecule has 0 fully saturated rings. The van der Waals surface area contributed by atoms with Crippen LogP contribution in [0.4, 0.5) is 17.6 Å². The van der Waals surface area contributed by atoms with E-state index in [1.807, 2.05) is 6.20 Å². The predicted molar refractivity (Wildman–Crippen MR) is 196 cm³/mol. The van der Waals surface area contributed by atoms with Gasteiger partial charge in [0.15, 0.2) is 5.16 Å². The summed E-state index contributed by atoms with van der Waals surface area (Å²) >= 11 is 1.28. The molecule has 2 aromatic carbocycles. The summed E-state index contributed by atoms with van der Waals surface area (Å²) in [5.41, 5.74) is 2.80. The van der Waals surface area contributed by atoms with Gasteiger partial charge in [0.1, 0.15) is 12.4 Å². The standard InChI is InChI=1S/C37H39F4N7O2S.ClH/c1-4-46(5-2)16-17-47(23-33-15-10-29(20-42-33)28-8-11-31(12-9-28)37(39,40)41)34(49)24-48-22-30(18-27-19-43-45(3)21-27)35(50)44-36(48)51-25-26-6-13-32(38)14-7-26;/h6-15,19-22H,4-5,16-18,23-25H2,1-3H3;1H. The first kappa shape index (κ1) is 40.2. The lowest BCUT2D eigenvalue weighted by atomic mass is 10.1. The summed E-state index contributed by atoms with van der Waals surface area (Å²) in [5.74, 6) is -0.154. The third-order valence-electron chi connectivity index (χ3n) is 8.43. The molecule has 0 aliphatic heterocycles. The van der Waals surface area contributed by atoms with E-state index in [0.29, 0.717) is 46.4 Å². The van der Waals surface area contributed by atoms with Crippen LogP contribution in [0.3, 0.4) is 0 Å². The molecule has 9 nitrogen and oxygen atoms in total. The molecular formula is C37H40ClF4N7O2S. The lowest BCUT2D eigenvalue weighted by Crippen LogP contribution is -2.40. The zero-order valence-corrected chi connectivity index (χ0v) is 30.6. The maximum atomic E-state index is 14.1. The molecule has 0 unspecified atom stereocenters. The van der Waals surface area contributed by atoms with Gasteiger partial charge in [-0.05, 0) is 60.1 Å². The fraction of sp³-hybridized carbons (Fsp3) is 0.324. The molecule has 0 radical (unpaired) electrons. The van der Waals surface area contributed by atoms with Gasteiger partial charge in [-0.15, -0.1) is 12.4 Å². The number of amides is 1. The molecule has 0 aliphatic rings. The number of benzene rings is 2. The average molecular weight is 758 g/mol. The van der Waals surface area contributed by atoms with Crippen LogP contribution in [0.2, 0.25) is 0 Å².